The number of carbonyl (C=O) groups excluding carboxylic acids is 1. The van der Waals surface area contributed by atoms with Gasteiger partial charge in [-0.25, -0.2) is 0 Å². The molecule has 0 fully saturated rings. The van der Waals surface area contributed by atoms with Crippen LogP contribution in [-0.2, 0) is 4.79 Å². The Labute approximate surface area is 145 Å². The summed E-state index contributed by atoms with van der Waals surface area (Å²) in [4.78, 5) is 17.1. The van der Waals surface area contributed by atoms with E-state index in [4.69, 9.17) is 0 Å². The van der Waals surface area contributed by atoms with Gasteiger partial charge in [0, 0.05) is 25.0 Å². The van der Waals surface area contributed by atoms with Crippen molar-refractivity contribution >= 4 is 17.3 Å². The second-order valence-corrected chi connectivity index (χ2v) is 5.94. The van der Waals surface area contributed by atoms with Gasteiger partial charge >= 0.3 is 0 Å². The zero-order chi connectivity index (χ0) is 17.5. The summed E-state index contributed by atoms with van der Waals surface area (Å²) in [6.45, 7) is 5.88. The predicted octanol–water partition coefficient (Wildman–Crippen LogP) is 3.77. The van der Waals surface area contributed by atoms with Crippen LogP contribution in [0.4, 0.5) is 11.4 Å². The van der Waals surface area contributed by atoms with E-state index in [9.17, 15) is 4.79 Å². The van der Waals surface area contributed by atoms with Crippen LogP contribution < -0.4 is 10.2 Å². The van der Waals surface area contributed by atoms with Gasteiger partial charge in [0.2, 0.25) is 5.91 Å². The van der Waals surface area contributed by atoms with Crippen LogP contribution in [0.1, 0.15) is 25.5 Å². The molecule has 2 aromatic carbocycles. The minimum Gasteiger partial charge on any atom is -0.375 e. The van der Waals surface area contributed by atoms with Gasteiger partial charge in [-0.05, 0) is 44.3 Å². The number of nitrogens with one attached hydrogen (secondary N) is 1. The molecule has 1 N–H and O–H groups in total. The highest BCUT2D eigenvalue weighted by atomic mass is 16.2. The first-order valence-corrected chi connectivity index (χ1v) is 8.44. The molecule has 0 spiro atoms. The number of hydrogen-bond donors (Lipinski definition) is 1. The average Bonchev–Trinajstić information content (AvgIpc) is 2.62. The highest BCUT2D eigenvalue weighted by Gasteiger charge is 2.24. The lowest BCUT2D eigenvalue weighted by molar-refractivity contribution is -0.121. The molecular weight excluding hydrogens is 298 g/mol. The van der Waals surface area contributed by atoms with Crippen molar-refractivity contribution < 1.29 is 4.79 Å². The van der Waals surface area contributed by atoms with E-state index in [2.05, 4.69) is 24.1 Å². The maximum atomic E-state index is 12.9. The van der Waals surface area contributed by atoms with Gasteiger partial charge in [0.25, 0.3) is 0 Å². The normalized spacial score (nSPS) is 12.0. The number of anilines is 2. The zero-order valence-corrected chi connectivity index (χ0v) is 15.0. The van der Waals surface area contributed by atoms with Crippen LogP contribution >= 0.6 is 0 Å². The van der Waals surface area contributed by atoms with Crippen molar-refractivity contribution in [3.05, 3.63) is 60.2 Å². The second-order valence-electron chi connectivity index (χ2n) is 5.94. The summed E-state index contributed by atoms with van der Waals surface area (Å²) in [7, 11) is 4.01. The van der Waals surface area contributed by atoms with Crippen LogP contribution in [0.5, 0.6) is 0 Å². The Kier molecular flexibility index (Phi) is 6.38. The highest BCUT2D eigenvalue weighted by Crippen LogP contribution is 2.23. The van der Waals surface area contributed by atoms with Crippen molar-refractivity contribution in [3.8, 4) is 0 Å². The van der Waals surface area contributed by atoms with Gasteiger partial charge in [-0.15, -0.1) is 0 Å². The van der Waals surface area contributed by atoms with E-state index < -0.39 is 0 Å². The van der Waals surface area contributed by atoms with Crippen LogP contribution in [0.25, 0.3) is 0 Å². The molecule has 0 aliphatic carbocycles. The molecule has 24 heavy (non-hydrogen) atoms. The molecule has 0 bridgehead atoms. The lowest BCUT2D eigenvalue weighted by Crippen LogP contribution is -2.34. The third-order valence-corrected chi connectivity index (χ3v) is 4.33. The zero-order valence-electron chi connectivity index (χ0n) is 15.0. The summed E-state index contributed by atoms with van der Waals surface area (Å²) in [5.74, 6) is -0.0122. The van der Waals surface area contributed by atoms with Gasteiger partial charge in [0.05, 0.1) is 0 Å². The molecule has 0 saturated carbocycles. The lowest BCUT2D eigenvalue weighted by Gasteiger charge is -2.26. The summed E-state index contributed by atoms with van der Waals surface area (Å²) >= 11 is 0. The van der Waals surface area contributed by atoms with Crippen molar-refractivity contribution in [2.45, 2.75) is 19.9 Å². The van der Waals surface area contributed by atoms with E-state index in [1.165, 1.54) is 0 Å². The molecule has 4 nitrogen and oxygen atoms in total. The van der Waals surface area contributed by atoms with E-state index in [0.29, 0.717) is 0 Å². The third kappa shape index (κ3) is 4.36. The van der Waals surface area contributed by atoms with Crippen LogP contribution in [-0.4, -0.2) is 38.0 Å². The molecule has 128 valence electrons. The Morgan fingerprint density at radius 3 is 2.33 bits per heavy atom. The molecule has 2 rings (SSSR count). The van der Waals surface area contributed by atoms with Crippen LogP contribution in [0.2, 0.25) is 0 Å². The molecular formula is C20H27N3O. The number of hydrogen-bond acceptors (Lipinski definition) is 3. The summed E-state index contributed by atoms with van der Waals surface area (Å²) in [6.07, 6.45) is 0. The predicted molar refractivity (Wildman–Crippen MR) is 102 cm³/mol. The Morgan fingerprint density at radius 1 is 1.00 bits per heavy atom. The molecule has 4 heteroatoms. The molecule has 0 radical (unpaired) electrons. The van der Waals surface area contributed by atoms with Gasteiger partial charge < -0.3 is 10.2 Å². The van der Waals surface area contributed by atoms with Crippen LogP contribution in [0.3, 0.4) is 0 Å². The smallest absolute Gasteiger partial charge is 0.246 e. The Balaban J connectivity index is 2.22. The molecule has 2 aromatic rings. The van der Waals surface area contributed by atoms with Gasteiger partial charge in [0.15, 0.2) is 0 Å². The summed E-state index contributed by atoms with van der Waals surface area (Å²) in [5.41, 5.74) is 2.92. The Hall–Kier alpha value is -2.33. The van der Waals surface area contributed by atoms with Crippen molar-refractivity contribution in [2.75, 3.05) is 37.4 Å². The average molecular weight is 325 g/mol. The maximum Gasteiger partial charge on any atom is 0.246 e. The van der Waals surface area contributed by atoms with Crippen molar-refractivity contribution in [1.29, 1.82) is 0 Å². The minimum atomic E-state index is -0.302. The Bertz CT molecular complexity index is 657. The summed E-state index contributed by atoms with van der Waals surface area (Å²) in [5, 5.41) is 3.07. The topological polar surface area (TPSA) is 35.6 Å². The number of likely N-dealkylation sites (N-methyl/N-ethyl adjacent to an activating group) is 1. The fraction of sp³-hybridized carbons (Fsp3) is 0.350. The van der Waals surface area contributed by atoms with E-state index in [-0.39, 0.29) is 11.9 Å². The van der Waals surface area contributed by atoms with Crippen molar-refractivity contribution in [3.63, 3.8) is 0 Å². The van der Waals surface area contributed by atoms with E-state index in [1.54, 1.807) is 0 Å². The van der Waals surface area contributed by atoms with Crippen LogP contribution in [0, 0.1) is 0 Å². The maximum absolute atomic E-state index is 12.9. The fourth-order valence-electron chi connectivity index (χ4n) is 2.64. The lowest BCUT2D eigenvalue weighted by atomic mass is 10.0. The van der Waals surface area contributed by atoms with E-state index >= 15 is 0 Å². The largest absolute Gasteiger partial charge is 0.375 e. The Morgan fingerprint density at radius 2 is 1.71 bits per heavy atom. The first kappa shape index (κ1) is 18.0. The molecule has 1 atom stereocenters. The van der Waals surface area contributed by atoms with Gasteiger partial charge in [-0.3, -0.25) is 9.69 Å². The SMILES string of the molecule is CCN(C)c1cccc(NC(=O)C(c2ccccc2)N(C)CC)c1. The quantitative estimate of drug-likeness (QED) is 0.841. The standard InChI is InChI=1S/C20H27N3O/c1-5-22(3)18-14-10-13-17(15-18)21-20(24)19(23(4)6-2)16-11-8-7-9-12-16/h7-15,19H,5-6H2,1-4H3,(H,21,24). The first-order valence-electron chi connectivity index (χ1n) is 8.44. The van der Waals surface area contributed by atoms with Crippen molar-refractivity contribution in [2.24, 2.45) is 0 Å². The third-order valence-electron chi connectivity index (χ3n) is 4.33. The number of carbonyl (C=O) groups is 1. The minimum absolute atomic E-state index is 0.0122. The second kappa shape index (κ2) is 8.50. The van der Waals surface area contributed by atoms with Gasteiger partial charge in [-0.2, -0.15) is 0 Å². The highest BCUT2D eigenvalue weighted by molar-refractivity contribution is 5.96. The number of rotatable bonds is 7. The molecule has 0 saturated heterocycles. The molecule has 0 heterocycles. The number of amides is 1. The van der Waals surface area contributed by atoms with Gasteiger partial charge in [-0.1, -0.05) is 43.3 Å². The van der Waals surface area contributed by atoms with Crippen LogP contribution in [0.15, 0.2) is 54.6 Å². The number of nitrogens with zero attached hydrogens (tertiary/aromatic N) is 2. The van der Waals surface area contributed by atoms with E-state index in [1.807, 2.05) is 73.6 Å². The van der Waals surface area contributed by atoms with Gasteiger partial charge in [0.1, 0.15) is 6.04 Å². The first-order chi connectivity index (χ1) is 11.6. The number of benzene rings is 2. The summed E-state index contributed by atoms with van der Waals surface area (Å²) < 4.78 is 0. The molecule has 1 amide bonds. The molecule has 1 unspecified atom stereocenters. The van der Waals surface area contributed by atoms with E-state index in [0.717, 1.165) is 30.0 Å². The molecule has 0 aliphatic heterocycles. The molecule has 0 aliphatic rings. The molecule has 0 aromatic heterocycles. The summed E-state index contributed by atoms with van der Waals surface area (Å²) in [6, 6.07) is 17.6. The van der Waals surface area contributed by atoms with Crippen molar-refractivity contribution in [1.82, 2.24) is 4.90 Å². The monoisotopic (exact) mass is 325 g/mol. The fourth-order valence-corrected chi connectivity index (χ4v) is 2.64.